The SMILES string of the molecule is COc1cc(C(=O)N(C)CCOc2ccc(F)cc2)cc(OC)c1OC. The first kappa shape index (κ1) is 19.4. The molecule has 0 unspecified atom stereocenters. The summed E-state index contributed by atoms with van der Waals surface area (Å²) in [7, 11) is 6.15. The van der Waals surface area contributed by atoms with Crippen molar-refractivity contribution in [1.29, 1.82) is 0 Å². The van der Waals surface area contributed by atoms with Gasteiger partial charge in [-0.05, 0) is 36.4 Å². The van der Waals surface area contributed by atoms with Crippen molar-refractivity contribution in [2.45, 2.75) is 0 Å². The Morgan fingerprint density at radius 2 is 1.58 bits per heavy atom. The molecule has 0 fully saturated rings. The van der Waals surface area contributed by atoms with Gasteiger partial charge < -0.3 is 23.8 Å². The standard InChI is InChI=1S/C19H22FNO5/c1-21(9-10-26-15-7-5-14(20)6-8-15)19(22)13-11-16(23-2)18(25-4)17(12-13)24-3/h5-8,11-12H,9-10H2,1-4H3. The van der Waals surface area contributed by atoms with Gasteiger partial charge in [0.2, 0.25) is 5.75 Å². The molecule has 0 saturated heterocycles. The molecule has 0 heterocycles. The maximum atomic E-state index is 12.9. The number of carbonyl (C=O) groups is 1. The van der Waals surface area contributed by atoms with Gasteiger partial charge in [-0.3, -0.25) is 4.79 Å². The van der Waals surface area contributed by atoms with E-state index in [-0.39, 0.29) is 18.3 Å². The number of benzene rings is 2. The van der Waals surface area contributed by atoms with E-state index in [2.05, 4.69) is 0 Å². The van der Waals surface area contributed by atoms with E-state index in [9.17, 15) is 9.18 Å². The fourth-order valence-electron chi connectivity index (χ4n) is 2.36. The lowest BCUT2D eigenvalue weighted by atomic mass is 10.1. The molecule has 6 nitrogen and oxygen atoms in total. The molecule has 0 saturated carbocycles. The van der Waals surface area contributed by atoms with E-state index < -0.39 is 0 Å². The van der Waals surface area contributed by atoms with Crippen molar-refractivity contribution in [3.05, 3.63) is 47.8 Å². The highest BCUT2D eigenvalue weighted by Crippen LogP contribution is 2.38. The zero-order valence-electron chi connectivity index (χ0n) is 15.2. The lowest BCUT2D eigenvalue weighted by molar-refractivity contribution is 0.0773. The van der Waals surface area contributed by atoms with Crippen LogP contribution in [0.4, 0.5) is 4.39 Å². The second-order valence-electron chi connectivity index (χ2n) is 5.44. The normalized spacial score (nSPS) is 10.2. The van der Waals surface area contributed by atoms with Crippen LogP contribution >= 0.6 is 0 Å². The second-order valence-corrected chi connectivity index (χ2v) is 5.44. The summed E-state index contributed by atoms with van der Waals surface area (Å²) in [5.74, 6) is 1.24. The van der Waals surface area contributed by atoms with Crippen molar-refractivity contribution in [2.24, 2.45) is 0 Å². The number of methoxy groups -OCH3 is 3. The van der Waals surface area contributed by atoms with E-state index >= 15 is 0 Å². The first-order chi connectivity index (χ1) is 12.5. The lowest BCUT2D eigenvalue weighted by Crippen LogP contribution is -2.31. The summed E-state index contributed by atoms with van der Waals surface area (Å²) in [4.78, 5) is 14.2. The van der Waals surface area contributed by atoms with Crippen LogP contribution in [-0.4, -0.2) is 52.3 Å². The number of hydrogen-bond donors (Lipinski definition) is 0. The number of hydrogen-bond acceptors (Lipinski definition) is 5. The number of rotatable bonds is 8. The summed E-state index contributed by atoms with van der Waals surface area (Å²) < 4.78 is 34.2. The number of likely N-dealkylation sites (N-methyl/N-ethyl adjacent to an activating group) is 1. The Bertz CT molecular complexity index is 723. The molecule has 0 aromatic heterocycles. The Morgan fingerprint density at radius 3 is 2.08 bits per heavy atom. The quantitative estimate of drug-likeness (QED) is 0.722. The van der Waals surface area contributed by atoms with Crippen molar-refractivity contribution in [3.63, 3.8) is 0 Å². The minimum atomic E-state index is -0.327. The molecule has 0 aliphatic rings. The predicted molar refractivity (Wildman–Crippen MR) is 95.0 cm³/mol. The predicted octanol–water partition coefficient (Wildman–Crippen LogP) is 3.00. The number of ether oxygens (including phenoxy) is 4. The van der Waals surface area contributed by atoms with Crippen molar-refractivity contribution >= 4 is 5.91 Å². The number of nitrogens with zero attached hydrogens (tertiary/aromatic N) is 1. The van der Waals surface area contributed by atoms with Crippen molar-refractivity contribution in [3.8, 4) is 23.0 Å². The highest BCUT2D eigenvalue weighted by Gasteiger charge is 2.19. The molecule has 0 spiro atoms. The van der Waals surface area contributed by atoms with E-state index in [1.807, 2.05) is 0 Å². The summed E-state index contributed by atoms with van der Waals surface area (Å²) in [6.07, 6.45) is 0. The molecular weight excluding hydrogens is 341 g/mol. The average molecular weight is 363 g/mol. The topological polar surface area (TPSA) is 57.2 Å². The van der Waals surface area contributed by atoms with Crippen LogP contribution in [-0.2, 0) is 0 Å². The third-order valence-electron chi connectivity index (χ3n) is 3.77. The van der Waals surface area contributed by atoms with Crippen molar-refractivity contribution in [1.82, 2.24) is 4.90 Å². The van der Waals surface area contributed by atoms with Gasteiger partial charge in [0.1, 0.15) is 18.2 Å². The average Bonchev–Trinajstić information content (AvgIpc) is 2.67. The first-order valence-electron chi connectivity index (χ1n) is 7.94. The molecule has 0 N–H and O–H groups in total. The van der Waals surface area contributed by atoms with Gasteiger partial charge in [0, 0.05) is 12.6 Å². The zero-order valence-corrected chi connectivity index (χ0v) is 15.2. The van der Waals surface area contributed by atoms with E-state index in [1.54, 1.807) is 19.2 Å². The third kappa shape index (κ3) is 4.56. The molecule has 0 radical (unpaired) electrons. The van der Waals surface area contributed by atoms with E-state index in [0.29, 0.717) is 35.1 Å². The molecule has 2 aromatic rings. The Balaban J connectivity index is 2.04. The van der Waals surface area contributed by atoms with E-state index in [4.69, 9.17) is 18.9 Å². The van der Waals surface area contributed by atoms with Gasteiger partial charge in [-0.1, -0.05) is 0 Å². The van der Waals surface area contributed by atoms with E-state index in [0.717, 1.165) is 0 Å². The van der Waals surface area contributed by atoms with Crippen LogP contribution < -0.4 is 18.9 Å². The minimum absolute atomic E-state index is 0.216. The van der Waals surface area contributed by atoms with Gasteiger partial charge in [0.15, 0.2) is 11.5 Å². The molecule has 2 rings (SSSR count). The number of halogens is 1. The molecule has 0 aliphatic carbocycles. The summed E-state index contributed by atoms with van der Waals surface area (Å²) in [5.41, 5.74) is 0.406. The summed E-state index contributed by atoms with van der Waals surface area (Å²) in [5, 5.41) is 0. The molecule has 0 bridgehead atoms. The van der Waals surface area contributed by atoms with Crippen molar-refractivity contribution in [2.75, 3.05) is 41.5 Å². The molecule has 0 atom stereocenters. The van der Waals surface area contributed by atoms with Gasteiger partial charge in [-0.25, -0.2) is 4.39 Å². The van der Waals surface area contributed by atoms with Gasteiger partial charge >= 0.3 is 0 Å². The third-order valence-corrected chi connectivity index (χ3v) is 3.77. The number of carbonyl (C=O) groups excluding carboxylic acids is 1. The first-order valence-corrected chi connectivity index (χ1v) is 7.94. The Labute approximate surface area is 152 Å². The minimum Gasteiger partial charge on any atom is -0.493 e. The molecule has 7 heteroatoms. The molecule has 1 amide bonds. The maximum absolute atomic E-state index is 12.9. The van der Waals surface area contributed by atoms with Crippen LogP contribution in [0.1, 0.15) is 10.4 Å². The Hall–Kier alpha value is -2.96. The van der Waals surface area contributed by atoms with Crippen LogP contribution in [0.15, 0.2) is 36.4 Å². The van der Waals surface area contributed by atoms with E-state index in [1.165, 1.54) is 50.5 Å². The zero-order chi connectivity index (χ0) is 19.1. The largest absolute Gasteiger partial charge is 0.493 e. The summed E-state index contributed by atoms with van der Waals surface area (Å²) >= 11 is 0. The Morgan fingerprint density at radius 1 is 1.00 bits per heavy atom. The molecule has 2 aromatic carbocycles. The van der Waals surface area contributed by atoms with Crippen LogP contribution in [0.2, 0.25) is 0 Å². The highest BCUT2D eigenvalue weighted by molar-refractivity contribution is 5.95. The van der Waals surface area contributed by atoms with Gasteiger partial charge in [0.05, 0.1) is 27.9 Å². The van der Waals surface area contributed by atoms with Crippen molar-refractivity contribution < 1.29 is 28.1 Å². The lowest BCUT2D eigenvalue weighted by Gasteiger charge is -2.19. The van der Waals surface area contributed by atoms with Gasteiger partial charge in [-0.2, -0.15) is 0 Å². The smallest absolute Gasteiger partial charge is 0.253 e. The molecule has 140 valence electrons. The fraction of sp³-hybridized carbons (Fsp3) is 0.316. The summed E-state index contributed by atoms with van der Waals surface area (Å²) in [6.45, 7) is 0.630. The molecule has 0 aliphatic heterocycles. The number of amides is 1. The van der Waals surface area contributed by atoms with Crippen LogP contribution in [0, 0.1) is 5.82 Å². The van der Waals surface area contributed by atoms with Crippen LogP contribution in [0.25, 0.3) is 0 Å². The van der Waals surface area contributed by atoms with Crippen LogP contribution in [0.5, 0.6) is 23.0 Å². The summed E-state index contributed by atoms with van der Waals surface area (Å²) in [6, 6.07) is 8.91. The maximum Gasteiger partial charge on any atom is 0.253 e. The Kier molecular flexibility index (Phi) is 6.66. The monoisotopic (exact) mass is 363 g/mol. The fourth-order valence-corrected chi connectivity index (χ4v) is 2.36. The van der Waals surface area contributed by atoms with Gasteiger partial charge in [-0.15, -0.1) is 0 Å². The second kappa shape index (κ2) is 8.94. The molecular formula is C19H22FNO5. The van der Waals surface area contributed by atoms with Crippen LogP contribution in [0.3, 0.4) is 0 Å². The van der Waals surface area contributed by atoms with Gasteiger partial charge in [0.25, 0.3) is 5.91 Å². The highest BCUT2D eigenvalue weighted by atomic mass is 19.1. The molecule has 26 heavy (non-hydrogen) atoms.